The van der Waals surface area contributed by atoms with Crippen molar-refractivity contribution >= 4 is 18.3 Å². The Hall–Kier alpha value is -1.27. The maximum atomic E-state index is 12.5. The lowest BCUT2D eigenvalue weighted by atomic mass is 10.1. The average Bonchev–Trinajstić information content (AvgIpc) is 2.51. The Kier molecular flexibility index (Phi) is 10.0. The number of nitrogens with zero attached hydrogens (tertiary/aromatic N) is 1. The van der Waals surface area contributed by atoms with Gasteiger partial charge in [-0.25, -0.2) is 0 Å². The number of halogens is 4. The fourth-order valence-electron chi connectivity index (χ4n) is 2.35. The third-order valence-corrected chi connectivity index (χ3v) is 3.86. The minimum absolute atomic E-state index is 0. The molecule has 3 nitrogen and oxygen atoms in total. The highest BCUT2D eigenvalue weighted by molar-refractivity contribution is 5.94. The van der Waals surface area contributed by atoms with E-state index in [1.807, 2.05) is 6.92 Å². The van der Waals surface area contributed by atoms with E-state index in [9.17, 15) is 18.0 Å². The zero-order valence-electron chi connectivity index (χ0n) is 14.3. The molecule has 138 valence electrons. The van der Waals surface area contributed by atoms with Crippen LogP contribution >= 0.6 is 12.4 Å². The summed E-state index contributed by atoms with van der Waals surface area (Å²) in [5, 5.41) is 2.83. The van der Waals surface area contributed by atoms with Crippen LogP contribution in [0.5, 0.6) is 0 Å². The van der Waals surface area contributed by atoms with Crippen LogP contribution < -0.4 is 5.32 Å². The van der Waals surface area contributed by atoms with Crippen molar-refractivity contribution in [1.82, 2.24) is 10.2 Å². The van der Waals surface area contributed by atoms with Gasteiger partial charge in [-0.2, -0.15) is 13.2 Å². The molecule has 1 amide bonds. The number of nitrogens with one attached hydrogen (secondary N) is 1. The lowest BCUT2D eigenvalue weighted by Gasteiger charge is -2.19. The molecular formula is C17H26ClF3N2O. The van der Waals surface area contributed by atoms with Crippen molar-refractivity contribution in [2.75, 3.05) is 19.6 Å². The summed E-state index contributed by atoms with van der Waals surface area (Å²) < 4.78 is 37.5. The van der Waals surface area contributed by atoms with Crippen molar-refractivity contribution in [2.45, 2.75) is 45.8 Å². The van der Waals surface area contributed by atoms with E-state index in [4.69, 9.17) is 0 Å². The van der Waals surface area contributed by atoms with Gasteiger partial charge in [0.15, 0.2) is 0 Å². The molecule has 0 aliphatic carbocycles. The van der Waals surface area contributed by atoms with Gasteiger partial charge in [0.2, 0.25) is 0 Å². The number of hydrogen-bond acceptors (Lipinski definition) is 2. The van der Waals surface area contributed by atoms with Gasteiger partial charge in [0, 0.05) is 11.6 Å². The average molecular weight is 367 g/mol. The predicted octanol–water partition coefficient (Wildman–Crippen LogP) is 4.37. The third kappa shape index (κ3) is 7.53. The molecule has 0 aliphatic rings. The zero-order valence-corrected chi connectivity index (χ0v) is 15.1. The molecule has 0 spiro atoms. The SMILES string of the molecule is CCN(CC)CCCC(C)NC(=O)c1ccc(C(F)(F)F)cc1.Cl. The first-order valence-corrected chi connectivity index (χ1v) is 7.98. The lowest BCUT2D eigenvalue weighted by Crippen LogP contribution is -2.33. The Balaban J connectivity index is 0.00000529. The second-order valence-electron chi connectivity index (χ2n) is 5.62. The van der Waals surface area contributed by atoms with Gasteiger partial charge < -0.3 is 10.2 Å². The van der Waals surface area contributed by atoms with Crippen LogP contribution in [-0.2, 0) is 6.18 Å². The van der Waals surface area contributed by atoms with Crippen molar-refractivity contribution in [1.29, 1.82) is 0 Å². The van der Waals surface area contributed by atoms with E-state index in [-0.39, 0.29) is 29.9 Å². The molecule has 0 heterocycles. The van der Waals surface area contributed by atoms with Crippen LogP contribution in [0.1, 0.15) is 49.5 Å². The predicted molar refractivity (Wildman–Crippen MR) is 92.6 cm³/mol. The molecule has 0 aliphatic heterocycles. The van der Waals surface area contributed by atoms with E-state index in [2.05, 4.69) is 24.1 Å². The second kappa shape index (κ2) is 10.6. The maximum Gasteiger partial charge on any atom is 0.416 e. The van der Waals surface area contributed by atoms with Crippen LogP contribution in [0.4, 0.5) is 13.2 Å². The van der Waals surface area contributed by atoms with Crippen LogP contribution in [0, 0.1) is 0 Å². The van der Waals surface area contributed by atoms with Crippen LogP contribution in [-0.4, -0.2) is 36.5 Å². The molecule has 1 N–H and O–H groups in total. The van der Waals surface area contributed by atoms with Gasteiger partial charge in [0.25, 0.3) is 5.91 Å². The molecule has 0 fully saturated rings. The van der Waals surface area contributed by atoms with Gasteiger partial charge in [0.1, 0.15) is 0 Å². The van der Waals surface area contributed by atoms with Gasteiger partial charge in [-0.05, 0) is 63.7 Å². The molecule has 0 saturated carbocycles. The van der Waals surface area contributed by atoms with Gasteiger partial charge in [-0.1, -0.05) is 13.8 Å². The summed E-state index contributed by atoms with van der Waals surface area (Å²) in [6.07, 6.45) is -2.58. The lowest BCUT2D eigenvalue weighted by molar-refractivity contribution is -0.137. The molecule has 7 heteroatoms. The summed E-state index contributed by atoms with van der Waals surface area (Å²) in [7, 11) is 0. The van der Waals surface area contributed by atoms with Crippen LogP contribution in [0.15, 0.2) is 24.3 Å². The first kappa shape index (κ1) is 22.7. The van der Waals surface area contributed by atoms with Crippen LogP contribution in [0.2, 0.25) is 0 Å². The maximum absolute atomic E-state index is 12.5. The van der Waals surface area contributed by atoms with E-state index in [1.165, 1.54) is 12.1 Å². The second-order valence-corrected chi connectivity index (χ2v) is 5.62. The standard InChI is InChI=1S/C17H25F3N2O.ClH/c1-4-22(5-2)12-6-7-13(3)21-16(23)14-8-10-15(11-9-14)17(18,19)20;/h8-11,13H,4-7,12H2,1-3H3,(H,21,23);1H. The Morgan fingerprint density at radius 2 is 1.71 bits per heavy atom. The van der Waals surface area contributed by atoms with Crippen LogP contribution in [0.3, 0.4) is 0 Å². The molecule has 0 radical (unpaired) electrons. The normalized spacial score (nSPS) is 12.6. The van der Waals surface area contributed by atoms with Gasteiger partial charge >= 0.3 is 6.18 Å². The summed E-state index contributed by atoms with van der Waals surface area (Å²) in [5.74, 6) is -0.339. The number of carbonyl (C=O) groups excluding carboxylic acids is 1. The summed E-state index contributed by atoms with van der Waals surface area (Å²) in [5.41, 5.74) is -0.505. The van der Waals surface area contributed by atoms with Crippen LogP contribution in [0.25, 0.3) is 0 Å². The van der Waals surface area contributed by atoms with E-state index in [1.54, 1.807) is 0 Å². The van der Waals surface area contributed by atoms with Gasteiger partial charge in [-0.15, -0.1) is 12.4 Å². The quantitative estimate of drug-likeness (QED) is 0.741. The fourth-order valence-corrected chi connectivity index (χ4v) is 2.35. The highest BCUT2D eigenvalue weighted by atomic mass is 35.5. The number of benzene rings is 1. The van der Waals surface area contributed by atoms with Gasteiger partial charge in [-0.3, -0.25) is 4.79 Å². The van der Waals surface area contributed by atoms with Crippen molar-refractivity contribution in [2.24, 2.45) is 0 Å². The molecule has 1 atom stereocenters. The van der Waals surface area contributed by atoms with Crippen molar-refractivity contribution in [3.63, 3.8) is 0 Å². The monoisotopic (exact) mass is 366 g/mol. The first-order chi connectivity index (χ1) is 10.8. The Morgan fingerprint density at radius 3 is 2.17 bits per heavy atom. The minimum atomic E-state index is -4.38. The first-order valence-electron chi connectivity index (χ1n) is 7.98. The molecule has 1 rings (SSSR count). The summed E-state index contributed by atoms with van der Waals surface area (Å²) in [4.78, 5) is 14.3. The fraction of sp³-hybridized carbons (Fsp3) is 0.588. The summed E-state index contributed by atoms with van der Waals surface area (Å²) in [6, 6.07) is 4.27. The van der Waals surface area contributed by atoms with Gasteiger partial charge in [0.05, 0.1) is 5.56 Å². The molecule has 0 aromatic heterocycles. The number of carbonyl (C=O) groups is 1. The molecule has 24 heavy (non-hydrogen) atoms. The van der Waals surface area contributed by atoms with Crippen molar-refractivity contribution < 1.29 is 18.0 Å². The third-order valence-electron chi connectivity index (χ3n) is 3.86. The number of alkyl halides is 3. The highest BCUT2D eigenvalue weighted by Gasteiger charge is 2.30. The van der Waals surface area contributed by atoms with Crippen molar-refractivity contribution in [3.8, 4) is 0 Å². The van der Waals surface area contributed by atoms with E-state index in [0.717, 1.165) is 44.6 Å². The molecule has 0 bridgehead atoms. The minimum Gasteiger partial charge on any atom is -0.350 e. The van der Waals surface area contributed by atoms with Crippen molar-refractivity contribution in [3.05, 3.63) is 35.4 Å². The van der Waals surface area contributed by atoms with E-state index < -0.39 is 11.7 Å². The molecule has 1 aromatic rings. The number of amides is 1. The Morgan fingerprint density at radius 1 is 1.17 bits per heavy atom. The summed E-state index contributed by atoms with van der Waals surface area (Å²) in [6.45, 7) is 9.11. The molecule has 1 unspecified atom stereocenters. The number of hydrogen-bond donors (Lipinski definition) is 1. The summed E-state index contributed by atoms with van der Waals surface area (Å²) >= 11 is 0. The molecular weight excluding hydrogens is 341 g/mol. The zero-order chi connectivity index (χ0) is 17.5. The number of rotatable bonds is 8. The van der Waals surface area contributed by atoms with E-state index in [0.29, 0.717) is 0 Å². The molecule has 1 aromatic carbocycles. The molecule has 0 saturated heterocycles. The topological polar surface area (TPSA) is 32.3 Å². The smallest absolute Gasteiger partial charge is 0.350 e. The Bertz CT molecular complexity index is 488. The van der Waals surface area contributed by atoms with E-state index >= 15 is 0 Å². The highest BCUT2D eigenvalue weighted by Crippen LogP contribution is 2.29. The largest absolute Gasteiger partial charge is 0.416 e. The Labute approximate surface area is 148 Å².